The van der Waals surface area contributed by atoms with E-state index in [2.05, 4.69) is 0 Å². The first-order chi connectivity index (χ1) is 6.65. The minimum Gasteiger partial charge on any atom is -0.465 e. The number of Topliss-reactive ketones (excluding diaryl/α,β-unsaturated/α-hetero) is 1. The lowest BCUT2D eigenvalue weighted by Crippen LogP contribution is -2.14. The molecule has 0 radical (unpaired) electrons. The van der Waals surface area contributed by atoms with Crippen molar-refractivity contribution in [3.05, 3.63) is 12.2 Å². The third-order valence-corrected chi connectivity index (χ3v) is 2.49. The minimum atomic E-state index is -0.156. The number of rotatable bonds is 4. The smallest absolute Gasteiger partial charge is 0.313 e. The highest BCUT2D eigenvalue weighted by molar-refractivity contribution is 5.77. The summed E-state index contributed by atoms with van der Waals surface area (Å²) in [6.45, 7) is 3.91. The molecule has 3 nitrogen and oxygen atoms in total. The lowest BCUT2D eigenvalue weighted by molar-refractivity contribution is -0.140. The zero-order valence-electron chi connectivity index (χ0n) is 8.66. The standard InChI is InChI=1S/C11H16O3/c1-3-4-10-9(6-5-8(2)12)7-14-11(10)13/h3-4,9-10H,5-7H2,1-2H3/b4-3+. The van der Waals surface area contributed by atoms with E-state index < -0.39 is 0 Å². The van der Waals surface area contributed by atoms with Gasteiger partial charge in [-0.25, -0.2) is 0 Å². The van der Waals surface area contributed by atoms with Gasteiger partial charge in [0, 0.05) is 12.3 Å². The summed E-state index contributed by atoms with van der Waals surface area (Å²) in [6.07, 6.45) is 5.00. The van der Waals surface area contributed by atoms with Crippen molar-refractivity contribution in [3.63, 3.8) is 0 Å². The van der Waals surface area contributed by atoms with Gasteiger partial charge in [-0.2, -0.15) is 0 Å². The molecule has 2 unspecified atom stereocenters. The number of allylic oxidation sites excluding steroid dienone is 1. The molecule has 0 spiro atoms. The molecule has 0 bridgehead atoms. The first kappa shape index (κ1) is 11.0. The van der Waals surface area contributed by atoms with Crippen LogP contribution in [0, 0.1) is 11.8 Å². The Morgan fingerprint density at radius 1 is 1.64 bits per heavy atom. The maximum absolute atomic E-state index is 11.3. The molecular formula is C11H16O3. The summed E-state index contributed by atoms with van der Waals surface area (Å²) >= 11 is 0. The van der Waals surface area contributed by atoms with E-state index in [1.165, 1.54) is 0 Å². The molecule has 1 saturated heterocycles. The summed E-state index contributed by atoms with van der Waals surface area (Å²) in [4.78, 5) is 22.1. The van der Waals surface area contributed by atoms with Gasteiger partial charge < -0.3 is 9.53 Å². The number of esters is 1. The van der Waals surface area contributed by atoms with Gasteiger partial charge in [-0.1, -0.05) is 12.2 Å². The third-order valence-electron chi connectivity index (χ3n) is 2.49. The predicted octanol–water partition coefficient (Wildman–Crippen LogP) is 1.72. The molecule has 14 heavy (non-hydrogen) atoms. The van der Waals surface area contributed by atoms with Crippen molar-refractivity contribution < 1.29 is 14.3 Å². The van der Waals surface area contributed by atoms with E-state index in [4.69, 9.17) is 4.74 Å². The van der Waals surface area contributed by atoms with Crippen molar-refractivity contribution in [1.82, 2.24) is 0 Å². The van der Waals surface area contributed by atoms with Crippen LogP contribution in [0.3, 0.4) is 0 Å². The summed E-state index contributed by atoms with van der Waals surface area (Å²) in [5.74, 6) is 0.0576. The molecule has 0 aromatic rings. The van der Waals surface area contributed by atoms with Crippen LogP contribution in [-0.4, -0.2) is 18.4 Å². The molecule has 0 aromatic heterocycles. The van der Waals surface area contributed by atoms with Gasteiger partial charge >= 0.3 is 5.97 Å². The van der Waals surface area contributed by atoms with Crippen molar-refractivity contribution in [3.8, 4) is 0 Å². The van der Waals surface area contributed by atoms with Crippen LogP contribution in [-0.2, 0) is 14.3 Å². The van der Waals surface area contributed by atoms with Crippen LogP contribution >= 0.6 is 0 Å². The van der Waals surface area contributed by atoms with Crippen LogP contribution in [0.1, 0.15) is 26.7 Å². The van der Waals surface area contributed by atoms with E-state index in [0.29, 0.717) is 13.0 Å². The summed E-state index contributed by atoms with van der Waals surface area (Å²) in [7, 11) is 0. The monoisotopic (exact) mass is 196 g/mol. The zero-order valence-corrected chi connectivity index (χ0v) is 8.66. The van der Waals surface area contributed by atoms with Crippen LogP contribution in [0.2, 0.25) is 0 Å². The maximum Gasteiger partial charge on any atom is 0.313 e. The van der Waals surface area contributed by atoms with Gasteiger partial charge in [0.15, 0.2) is 0 Å². The number of hydrogen-bond acceptors (Lipinski definition) is 3. The molecule has 0 N–H and O–H groups in total. The summed E-state index contributed by atoms with van der Waals surface area (Å²) < 4.78 is 4.96. The number of ether oxygens (including phenoxy) is 1. The first-order valence-electron chi connectivity index (χ1n) is 4.94. The highest BCUT2D eigenvalue weighted by Gasteiger charge is 2.34. The normalized spacial score (nSPS) is 26.9. The SMILES string of the molecule is C/C=C/C1C(=O)OCC1CCC(C)=O. The molecule has 1 fully saturated rings. The van der Waals surface area contributed by atoms with Crippen molar-refractivity contribution >= 4 is 11.8 Å². The first-order valence-corrected chi connectivity index (χ1v) is 4.94. The van der Waals surface area contributed by atoms with Gasteiger partial charge in [0.25, 0.3) is 0 Å². The molecule has 1 aliphatic heterocycles. The van der Waals surface area contributed by atoms with Gasteiger partial charge in [0.05, 0.1) is 12.5 Å². The number of cyclic esters (lactones) is 1. The Kier molecular flexibility index (Phi) is 3.86. The van der Waals surface area contributed by atoms with Crippen LogP contribution in [0.4, 0.5) is 0 Å². The van der Waals surface area contributed by atoms with E-state index in [-0.39, 0.29) is 23.6 Å². The largest absolute Gasteiger partial charge is 0.465 e. The van der Waals surface area contributed by atoms with E-state index >= 15 is 0 Å². The lowest BCUT2D eigenvalue weighted by Gasteiger charge is -2.09. The average molecular weight is 196 g/mol. The van der Waals surface area contributed by atoms with Crippen LogP contribution in [0.5, 0.6) is 0 Å². The van der Waals surface area contributed by atoms with Crippen molar-refractivity contribution in [1.29, 1.82) is 0 Å². The minimum absolute atomic E-state index is 0.139. The van der Waals surface area contributed by atoms with E-state index in [1.54, 1.807) is 6.92 Å². The van der Waals surface area contributed by atoms with Crippen LogP contribution < -0.4 is 0 Å². The molecule has 1 aliphatic rings. The second-order valence-corrected chi connectivity index (χ2v) is 3.68. The van der Waals surface area contributed by atoms with Gasteiger partial charge in [-0.15, -0.1) is 0 Å². The molecule has 3 heteroatoms. The number of hydrogen-bond donors (Lipinski definition) is 0. The van der Waals surface area contributed by atoms with E-state index in [1.807, 2.05) is 19.1 Å². The summed E-state index contributed by atoms with van der Waals surface area (Å²) in [5.41, 5.74) is 0. The Labute approximate surface area is 84.1 Å². The quantitative estimate of drug-likeness (QED) is 0.508. The second-order valence-electron chi connectivity index (χ2n) is 3.68. The molecular weight excluding hydrogens is 180 g/mol. The van der Waals surface area contributed by atoms with Gasteiger partial charge in [-0.05, 0) is 20.3 Å². The Morgan fingerprint density at radius 2 is 2.36 bits per heavy atom. The topological polar surface area (TPSA) is 43.4 Å². The fourth-order valence-electron chi connectivity index (χ4n) is 1.68. The van der Waals surface area contributed by atoms with Crippen molar-refractivity contribution in [2.24, 2.45) is 11.8 Å². The fraction of sp³-hybridized carbons (Fsp3) is 0.636. The number of carbonyl (C=O) groups excluding carboxylic acids is 2. The van der Waals surface area contributed by atoms with Gasteiger partial charge in [-0.3, -0.25) is 4.79 Å². The molecule has 2 atom stereocenters. The molecule has 0 saturated carbocycles. The summed E-state index contributed by atoms with van der Waals surface area (Å²) in [6, 6.07) is 0. The Balaban J connectivity index is 2.51. The third kappa shape index (κ3) is 2.69. The van der Waals surface area contributed by atoms with Crippen LogP contribution in [0.15, 0.2) is 12.2 Å². The van der Waals surface area contributed by atoms with Gasteiger partial charge in [0.2, 0.25) is 0 Å². The molecule has 78 valence electrons. The Morgan fingerprint density at radius 3 is 2.93 bits per heavy atom. The van der Waals surface area contributed by atoms with Crippen LogP contribution in [0.25, 0.3) is 0 Å². The second kappa shape index (κ2) is 4.94. The van der Waals surface area contributed by atoms with Crippen molar-refractivity contribution in [2.75, 3.05) is 6.61 Å². The van der Waals surface area contributed by atoms with Crippen molar-refractivity contribution in [2.45, 2.75) is 26.7 Å². The van der Waals surface area contributed by atoms with E-state index in [9.17, 15) is 9.59 Å². The number of ketones is 1. The molecule has 0 aromatic carbocycles. The average Bonchev–Trinajstić information content (AvgIpc) is 2.46. The highest BCUT2D eigenvalue weighted by atomic mass is 16.5. The molecule has 1 rings (SSSR count). The fourth-order valence-corrected chi connectivity index (χ4v) is 1.68. The lowest BCUT2D eigenvalue weighted by atomic mass is 9.90. The predicted molar refractivity (Wildman–Crippen MR) is 52.7 cm³/mol. The number of carbonyl (C=O) groups is 2. The highest BCUT2D eigenvalue weighted by Crippen LogP contribution is 2.27. The molecule has 0 aliphatic carbocycles. The Bertz CT molecular complexity index is 255. The Hall–Kier alpha value is -1.12. The maximum atomic E-state index is 11.3. The molecule has 0 amide bonds. The van der Waals surface area contributed by atoms with Gasteiger partial charge in [0.1, 0.15) is 5.78 Å². The summed E-state index contributed by atoms with van der Waals surface area (Å²) in [5, 5.41) is 0. The van der Waals surface area contributed by atoms with E-state index in [0.717, 1.165) is 6.42 Å². The zero-order chi connectivity index (χ0) is 10.6. The molecule has 1 heterocycles.